The molecule has 0 amide bonds. The molecule has 2 N–H and O–H groups in total. The fourth-order valence-corrected chi connectivity index (χ4v) is 1.55. The third-order valence-electron chi connectivity index (χ3n) is 2.13. The van der Waals surface area contributed by atoms with E-state index in [1.165, 1.54) is 6.08 Å². The molecule has 0 radical (unpaired) electrons. The average Bonchev–Trinajstić information content (AvgIpc) is 2.73. The highest BCUT2D eigenvalue weighted by Crippen LogP contribution is 2.40. The summed E-state index contributed by atoms with van der Waals surface area (Å²) in [6.07, 6.45) is 1.24. The molecule has 92 valence electrons. The monoisotopic (exact) mass is 259 g/mol. The normalized spacial score (nSPS) is 13.9. The van der Waals surface area contributed by atoms with E-state index in [4.69, 9.17) is 31.5 Å². The Labute approximate surface area is 103 Å². The number of benzene rings is 1. The van der Waals surface area contributed by atoms with E-state index in [2.05, 4.69) is 0 Å². The van der Waals surface area contributed by atoms with Gasteiger partial charge in [-0.25, -0.2) is 4.39 Å². The molecule has 0 unspecified atom stereocenters. The summed E-state index contributed by atoms with van der Waals surface area (Å²) in [4.78, 5) is 0. The molecule has 0 bridgehead atoms. The first-order valence-electron chi connectivity index (χ1n) is 4.97. The Morgan fingerprint density at radius 3 is 2.88 bits per heavy atom. The van der Waals surface area contributed by atoms with E-state index in [9.17, 15) is 4.39 Å². The molecule has 1 heterocycles. The standard InChI is InChI=1S/C11H11ClFNO3/c12-8-3-10-11(17-6-16-10)4-9(8)15-5-7(13)1-2-14/h1,3-4H,2,5-6,14H2. The molecule has 1 aliphatic heterocycles. The van der Waals surface area contributed by atoms with Gasteiger partial charge in [-0.05, 0) is 6.08 Å². The van der Waals surface area contributed by atoms with Crippen molar-refractivity contribution in [3.05, 3.63) is 29.1 Å². The van der Waals surface area contributed by atoms with Crippen LogP contribution < -0.4 is 19.9 Å². The molecule has 0 saturated heterocycles. The fraction of sp³-hybridized carbons (Fsp3) is 0.273. The lowest BCUT2D eigenvalue weighted by Crippen LogP contribution is -2.01. The van der Waals surface area contributed by atoms with Crippen LogP contribution in [0.3, 0.4) is 0 Å². The van der Waals surface area contributed by atoms with Gasteiger partial charge in [0.1, 0.15) is 18.2 Å². The second-order valence-electron chi connectivity index (χ2n) is 3.31. The van der Waals surface area contributed by atoms with Crippen molar-refractivity contribution in [2.75, 3.05) is 19.9 Å². The summed E-state index contributed by atoms with van der Waals surface area (Å²) in [6.45, 7) is 0.0666. The van der Waals surface area contributed by atoms with Gasteiger partial charge in [0.25, 0.3) is 0 Å². The van der Waals surface area contributed by atoms with Crippen LogP contribution in [-0.4, -0.2) is 19.9 Å². The van der Waals surface area contributed by atoms with Crippen molar-refractivity contribution >= 4 is 11.6 Å². The van der Waals surface area contributed by atoms with Crippen molar-refractivity contribution in [3.8, 4) is 17.2 Å². The topological polar surface area (TPSA) is 53.7 Å². The van der Waals surface area contributed by atoms with Gasteiger partial charge >= 0.3 is 0 Å². The number of rotatable bonds is 4. The second kappa shape index (κ2) is 5.25. The predicted octanol–water partition coefficient (Wildman–Crippen LogP) is 2.26. The quantitative estimate of drug-likeness (QED) is 0.901. The Balaban J connectivity index is 2.09. The molecule has 0 aliphatic carbocycles. The lowest BCUT2D eigenvalue weighted by molar-refractivity contribution is 0.173. The molecule has 2 rings (SSSR count). The minimum atomic E-state index is -0.443. The molecule has 4 nitrogen and oxygen atoms in total. The minimum absolute atomic E-state index is 0.129. The van der Waals surface area contributed by atoms with Crippen molar-refractivity contribution in [2.24, 2.45) is 5.73 Å². The zero-order chi connectivity index (χ0) is 12.3. The van der Waals surface area contributed by atoms with Gasteiger partial charge in [0.05, 0.1) is 5.02 Å². The lowest BCUT2D eigenvalue weighted by Gasteiger charge is -2.07. The maximum Gasteiger partial charge on any atom is 0.231 e. The first-order chi connectivity index (χ1) is 8.20. The third kappa shape index (κ3) is 2.81. The van der Waals surface area contributed by atoms with E-state index < -0.39 is 5.83 Å². The predicted molar refractivity (Wildman–Crippen MR) is 61.3 cm³/mol. The van der Waals surface area contributed by atoms with Gasteiger partial charge in [0, 0.05) is 18.7 Å². The Morgan fingerprint density at radius 1 is 1.47 bits per heavy atom. The van der Waals surface area contributed by atoms with Crippen molar-refractivity contribution in [1.82, 2.24) is 0 Å². The van der Waals surface area contributed by atoms with E-state index in [0.717, 1.165) is 0 Å². The van der Waals surface area contributed by atoms with Crippen LogP contribution in [-0.2, 0) is 0 Å². The molecule has 6 heteroatoms. The van der Waals surface area contributed by atoms with Gasteiger partial charge in [-0.15, -0.1) is 0 Å². The van der Waals surface area contributed by atoms with Gasteiger partial charge in [-0.2, -0.15) is 0 Å². The van der Waals surface area contributed by atoms with E-state index in [-0.39, 0.29) is 19.9 Å². The van der Waals surface area contributed by atoms with Crippen molar-refractivity contribution < 1.29 is 18.6 Å². The summed E-state index contributed by atoms with van der Waals surface area (Å²) in [6, 6.07) is 3.14. The zero-order valence-corrected chi connectivity index (χ0v) is 9.67. The van der Waals surface area contributed by atoms with Gasteiger partial charge in [-0.3, -0.25) is 0 Å². The van der Waals surface area contributed by atoms with Crippen molar-refractivity contribution in [2.45, 2.75) is 0 Å². The summed E-state index contributed by atoms with van der Waals surface area (Å²) < 4.78 is 28.6. The number of nitrogens with two attached hydrogens (primary N) is 1. The molecule has 0 fully saturated rings. The minimum Gasteiger partial charge on any atom is -0.485 e. The Bertz CT molecular complexity index is 451. The van der Waals surface area contributed by atoms with Crippen LogP contribution >= 0.6 is 11.6 Å². The molecular weight excluding hydrogens is 249 g/mol. The van der Waals surface area contributed by atoms with E-state index >= 15 is 0 Å². The van der Waals surface area contributed by atoms with Crippen molar-refractivity contribution in [3.63, 3.8) is 0 Å². The second-order valence-corrected chi connectivity index (χ2v) is 3.72. The molecule has 0 atom stereocenters. The van der Waals surface area contributed by atoms with Crippen LogP contribution in [0, 0.1) is 0 Å². The highest BCUT2D eigenvalue weighted by atomic mass is 35.5. The fourth-order valence-electron chi connectivity index (χ4n) is 1.34. The summed E-state index contributed by atoms with van der Waals surface area (Å²) in [7, 11) is 0. The van der Waals surface area contributed by atoms with Crippen LogP contribution in [0.2, 0.25) is 5.02 Å². The summed E-state index contributed by atoms with van der Waals surface area (Å²) in [5.74, 6) is 0.991. The zero-order valence-electron chi connectivity index (χ0n) is 8.91. The molecule has 0 saturated carbocycles. The maximum absolute atomic E-state index is 13.1. The van der Waals surface area contributed by atoms with Crippen LogP contribution in [0.15, 0.2) is 24.0 Å². The van der Waals surface area contributed by atoms with Crippen LogP contribution in [0.4, 0.5) is 4.39 Å². The van der Waals surface area contributed by atoms with Crippen LogP contribution in [0.5, 0.6) is 17.2 Å². The maximum atomic E-state index is 13.1. The Kier molecular flexibility index (Phi) is 3.71. The number of hydrogen-bond donors (Lipinski definition) is 1. The van der Waals surface area contributed by atoms with E-state index in [1.54, 1.807) is 12.1 Å². The van der Waals surface area contributed by atoms with Crippen LogP contribution in [0.1, 0.15) is 0 Å². The SMILES string of the molecule is NCC=C(F)COc1cc2c(cc1Cl)OCO2. The van der Waals surface area contributed by atoms with Gasteiger partial charge in [0.15, 0.2) is 11.5 Å². The summed E-state index contributed by atoms with van der Waals surface area (Å²) in [5.41, 5.74) is 5.17. The molecule has 17 heavy (non-hydrogen) atoms. The number of hydrogen-bond acceptors (Lipinski definition) is 4. The molecule has 1 aromatic rings. The molecule has 1 aromatic carbocycles. The molecule has 0 aromatic heterocycles. The van der Waals surface area contributed by atoms with Gasteiger partial charge in [0.2, 0.25) is 6.79 Å². The first-order valence-corrected chi connectivity index (χ1v) is 5.35. The molecule has 0 spiro atoms. The number of fused-ring (bicyclic) bond motifs is 1. The molecule has 1 aliphatic rings. The van der Waals surface area contributed by atoms with Gasteiger partial charge in [-0.1, -0.05) is 11.6 Å². The van der Waals surface area contributed by atoms with Crippen LogP contribution in [0.25, 0.3) is 0 Å². The summed E-state index contributed by atoms with van der Waals surface area (Å²) >= 11 is 5.94. The highest BCUT2D eigenvalue weighted by Gasteiger charge is 2.17. The third-order valence-corrected chi connectivity index (χ3v) is 2.43. The van der Waals surface area contributed by atoms with Gasteiger partial charge < -0.3 is 19.9 Å². The number of ether oxygens (including phenoxy) is 3. The van der Waals surface area contributed by atoms with E-state index in [1.807, 2.05) is 0 Å². The highest BCUT2D eigenvalue weighted by molar-refractivity contribution is 6.32. The van der Waals surface area contributed by atoms with E-state index in [0.29, 0.717) is 22.3 Å². The molecular formula is C11H11ClFNO3. The van der Waals surface area contributed by atoms with Crippen molar-refractivity contribution in [1.29, 1.82) is 0 Å². The number of halogens is 2. The average molecular weight is 260 g/mol. The smallest absolute Gasteiger partial charge is 0.231 e. The summed E-state index contributed by atoms with van der Waals surface area (Å²) in [5, 5.41) is 0.342. The Hall–Kier alpha value is -1.46. The lowest BCUT2D eigenvalue weighted by atomic mass is 10.3. The largest absolute Gasteiger partial charge is 0.485 e. The Morgan fingerprint density at radius 2 is 2.18 bits per heavy atom. The first kappa shape index (κ1) is 12.0.